The highest BCUT2D eigenvalue weighted by Gasteiger charge is 2.45. The average Bonchev–Trinajstić information content (AvgIpc) is 2.34. The van der Waals surface area contributed by atoms with Gasteiger partial charge in [-0.2, -0.15) is 0 Å². The molecule has 0 amide bonds. The number of nitrogens with zero attached hydrogens (tertiary/aromatic N) is 1. The number of esters is 1. The van der Waals surface area contributed by atoms with Crippen LogP contribution in [0.3, 0.4) is 0 Å². The van der Waals surface area contributed by atoms with Crippen LogP contribution in [-0.2, 0) is 9.53 Å². The van der Waals surface area contributed by atoms with Crippen LogP contribution in [0.15, 0.2) is 0 Å². The molecule has 70 valence electrons. The third-order valence-electron chi connectivity index (χ3n) is 2.19. The molecule has 1 saturated heterocycles. The zero-order chi connectivity index (χ0) is 9.19. The number of rotatable bonds is 2. The van der Waals surface area contributed by atoms with Crippen molar-refractivity contribution in [2.75, 3.05) is 20.2 Å². The number of likely N-dealkylation sites (tertiary alicyclic amines) is 1. The number of halogens is 1. The van der Waals surface area contributed by atoms with Gasteiger partial charge in [0.2, 0.25) is 0 Å². The summed E-state index contributed by atoms with van der Waals surface area (Å²) in [6, 6.07) is 0. The van der Waals surface area contributed by atoms with Crippen molar-refractivity contribution < 1.29 is 9.53 Å². The van der Waals surface area contributed by atoms with Crippen LogP contribution in [0.4, 0.5) is 0 Å². The fraction of sp³-hybridized carbons (Fsp3) is 0.875. The van der Waals surface area contributed by atoms with Crippen LogP contribution in [0, 0.1) is 0 Å². The highest BCUT2D eigenvalue weighted by atomic mass is 35.5. The van der Waals surface area contributed by atoms with E-state index in [9.17, 15) is 4.79 Å². The average molecular weight is 192 g/mol. The zero-order valence-corrected chi connectivity index (χ0v) is 8.23. The standard InChI is InChI=1S/C8H14ClNO2/c1-3-12-7(11)8(9)5-4-6-10(8)2/h3-6H2,1-2H3. The molecule has 0 N–H and O–H groups in total. The van der Waals surface area contributed by atoms with Gasteiger partial charge in [0.15, 0.2) is 5.00 Å². The lowest BCUT2D eigenvalue weighted by Crippen LogP contribution is -2.44. The molecule has 4 heteroatoms. The predicted octanol–water partition coefficient (Wildman–Crippen LogP) is 1.21. The van der Waals surface area contributed by atoms with Crippen LogP contribution in [0.5, 0.6) is 0 Å². The molecule has 1 aliphatic rings. The molecule has 1 rings (SSSR count). The quantitative estimate of drug-likeness (QED) is 0.373. The first-order valence-electron chi connectivity index (χ1n) is 4.18. The molecule has 12 heavy (non-hydrogen) atoms. The van der Waals surface area contributed by atoms with Gasteiger partial charge in [0.25, 0.3) is 0 Å². The van der Waals surface area contributed by atoms with E-state index in [2.05, 4.69) is 0 Å². The maximum absolute atomic E-state index is 11.4. The highest BCUT2D eigenvalue weighted by Crippen LogP contribution is 2.32. The summed E-state index contributed by atoms with van der Waals surface area (Å²) in [5.74, 6) is -0.313. The van der Waals surface area contributed by atoms with Gasteiger partial charge in [0.1, 0.15) is 0 Å². The Morgan fingerprint density at radius 1 is 1.75 bits per heavy atom. The van der Waals surface area contributed by atoms with E-state index in [1.165, 1.54) is 0 Å². The zero-order valence-electron chi connectivity index (χ0n) is 7.47. The molecule has 0 radical (unpaired) electrons. The molecule has 0 bridgehead atoms. The van der Waals surface area contributed by atoms with E-state index in [-0.39, 0.29) is 5.97 Å². The lowest BCUT2D eigenvalue weighted by atomic mass is 10.2. The Kier molecular flexibility index (Phi) is 2.96. The number of alkyl halides is 1. The highest BCUT2D eigenvalue weighted by molar-refractivity contribution is 6.33. The Hall–Kier alpha value is -0.280. The molecule has 0 saturated carbocycles. The topological polar surface area (TPSA) is 29.5 Å². The van der Waals surface area contributed by atoms with E-state index in [1.807, 2.05) is 11.9 Å². The van der Waals surface area contributed by atoms with Crippen LogP contribution >= 0.6 is 11.6 Å². The van der Waals surface area contributed by atoms with E-state index in [0.29, 0.717) is 13.0 Å². The maximum Gasteiger partial charge on any atom is 0.342 e. The second kappa shape index (κ2) is 3.62. The Morgan fingerprint density at radius 3 is 2.83 bits per heavy atom. The van der Waals surface area contributed by atoms with Crippen molar-refractivity contribution in [3.05, 3.63) is 0 Å². The fourth-order valence-corrected chi connectivity index (χ4v) is 1.69. The van der Waals surface area contributed by atoms with E-state index in [0.717, 1.165) is 13.0 Å². The summed E-state index contributed by atoms with van der Waals surface area (Å²) in [7, 11) is 1.84. The minimum atomic E-state index is -0.893. The van der Waals surface area contributed by atoms with Gasteiger partial charge in [-0.05, 0) is 26.8 Å². The van der Waals surface area contributed by atoms with Gasteiger partial charge in [0.05, 0.1) is 6.61 Å². The summed E-state index contributed by atoms with van der Waals surface area (Å²) in [6.07, 6.45) is 1.64. The molecule has 0 spiro atoms. The van der Waals surface area contributed by atoms with Gasteiger partial charge >= 0.3 is 5.97 Å². The van der Waals surface area contributed by atoms with Crippen molar-refractivity contribution in [2.24, 2.45) is 0 Å². The Labute approximate surface area is 77.6 Å². The van der Waals surface area contributed by atoms with Gasteiger partial charge in [-0.3, -0.25) is 4.90 Å². The molecular weight excluding hydrogens is 178 g/mol. The molecule has 0 aliphatic carbocycles. The first-order chi connectivity index (χ1) is 5.61. The van der Waals surface area contributed by atoms with E-state index in [1.54, 1.807) is 6.92 Å². The van der Waals surface area contributed by atoms with Gasteiger partial charge in [-0.15, -0.1) is 0 Å². The Morgan fingerprint density at radius 2 is 2.42 bits per heavy atom. The smallest absolute Gasteiger partial charge is 0.342 e. The largest absolute Gasteiger partial charge is 0.464 e. The first-order valence-corrected chi connectivity index (χ1v) is 4.56. The minimum Gasteiger partial charge on any atom is -0.464 e. The predicted molar refractivity (Wildman–Crippen MR) is 47.1 cm³/mol. The van der Waals surface area contributed by atoms with Gasteiger partial charge in [-0.25, -0.2) is 4.79 Å². The lowest BCUT2D eigenvalue weighted by molar-refractivity contribution is -0.150. The number of carbonyl (C=O) groups is 1. The first kappa shape index (κ1) is 9.81. The number of hydrogen-bond acceptors (Lipinski definition) is 3. The lowest BCUT2D eigenvalue weighted by Gasteiger charge is -2.26. The van der Waals surface area contributed by atoms with Crippen molar-refractivity contribution in [1.82, 2.24) is 4.90 Å². The maximum atomic E-state index is 11.4. The van der Waals surface area contributed by atoms with Crippen molar-refractivity contribution in [3.8, 4) is 0 Å². The van der Waals surface area contributed by atoms with Crippen molar-refractivity contribution >= 4 is 17.6 Å². The number of ether oxygens (including phenoxy) is 1. The molecule has 1 aliphatic heterocycles. The van der Waals surface area contributed by atoms with Crippen molar-refractivity contribution in [2.45, 2.75) is 24.8 Å². The number of carbonyl (C=O) groups excluding carboxylic acids is 1. The minimum absolute atomic E-state index is 0.313. The van der Waals surface area contributed by atoms with E-state index < -0.39 is 5.00 Å². The molecule has 1 fully saturated rings. The van der Waals surface area contributed by atoms with Crippen LogP contribution in [-0.4, -0.2) is 36.1 Å². The number of likely N-dealkylation sites (N-methyl/N-ethyl adjacent to an activating group) is 1. The molecule has 1 unspecified atom stereocenters. The summed E-state index contributed by atoms with van der Waals surface area (Å²) in [5.41, 5.74) is 0. The van der Waals surface area contributed by atoms with Crippen LogP contribution in [0.25, 0.3) is 0 Å². The normalized spacial score (nSPS) is 30.6. The van der Waals surface area contributed by atoms with Crippen LogP contribution in [0.1, 0.15) is 19.8 Å². The van der Waals surface area contributed by atoms with Crippen molar-refractivity contribution in [1.29, 1.82) is 0 Å². The number of hydrogen-bond donors (Lipinski definition) is 0. The summed E-state index contributed by atoms with van der Waals surface area (Å²) in [6.45, 7) is 3.04. The van der Waals surface area contributed by atoms with Gasteiger partial charge in [-0.1, -0.05) is 11.6 Å². The van der Waals surface area contributed by atoms with Gasteiger partial charge in [0, 0.05) is 6.54 Å². The molecule has 0 aromatic rings. The molecule has 1 heterocycles. The molecule has 1 atom stereocenters. The summed E-state index contributed by atoms with van der Waals surface area (Å²) < 4.78 is 4.89. The van der Waals surface area contributed by atoms with Crippen molar-refractivity contribution in [3.63, 3.8) is 0 Å². The van der Waals surface area contributed by atoms with Crippen LogP contribution in [0.2, 0.25) is 0 Å². The molecular formula is C8H14ClNO2. The fourth-order valence-electron chi connectivity index (χ4n) is 1.42. The summed E-state index contributed by atoms with van der Waals surface area (Å²) in [5, 5.41) is 0. The van der Waals surface area contributed by atoms with E-state index >= 15 is 0 Å². The summed E-state index contributed by atoms with van der Waals surface area (Å²) in [4.78, 5) is 12.3. The molecule has 3 nitrogen and oxygen atoms in total. The van der Waals surface area contributed by atoms with Gasteiger partial charge < -0.3 is 4.74 Å². The second-order valence-corrected chi connectivity index (χ2v) is 3.63. The van der Waals surface area contributed by atoms with E-state index in [4.69, 9.17) is 16.3 Å². The third-order valence-corrected chi connectivity index (χ3v) is 2.83. The monoisotopic (exact) mass is 191 g/mol. The second-order valence-electron chi connectivity index (χ2n) is 3.00. The Balaban J connectivity index is 2.63. The summed E-state index contributed by atoms with van der Waals surface area (Å²) >= 11 is 6.10. The molecule has 0 aromatic heterocycles. The third kappa shape index (κ3) is 1.57. The Bertz CT molecular complexity index is 186. The SMILES string of the molecule is CCOC(=O)C1(Cl)CCCN1C. The molecule has 0 aromatic carbocycles. The van der Waals surface area contributed by atoms with Crippen LogP contribution < -0.4 is 0 Å².